The number of ether oxygens (including phenoxy) is 1. The van der Waals surface area contributed by atoms with Gasteiger partial charge < -0.3 is 10.1 Å². The van der Waals surface area contributed by atoms with Crippen molar-refractivity contribution in [3.8, 4) is 5.88 Å². The number of hydrogen-bond acceptors (Lipinski definition) is 4. The average molecular weight is 262 g/mol. The maximum absolute atomic E-state index is 5.03. The number of hydrogen-bond donors (Lipinski definition) is 1. The third-order valence-electron chi connectivity index (χ3n) is 2.78. The summed E-state index contributed by atoms with van der Waals surface area (Å²) in [7, 11) is 1.63. The predicted molar refractivity (Wildman–Crippen MR) is 75.1 cm³/mol. The zero-order valence-electron chi connectivity index (χ0n) is 10.7. The quantitative estimate of drug-likeness (QED) is 0.869. The monoisotopic (exact) mass is 262 g/mol. The fraction of sp³-hybridized carbons (Fsp3) is 0.357. The normalized spacial score (nSPS) is 12.3. The molecule has 0 spiro atoms. The highest BCUT2D eigenvalue weighted by Crippen LogP contribution is 2.10. The van der Waals surface area contributed by atoms with E-state index in [-0.39, 0.29) is 0 Å². The van der Waals surface area contributed by atoms with Crippen LogP contribution in [0.1, 0.15) is 18.1 Å². The molecule has 18 heavy (non-hydrogen) atoms. The Bertz CT molecular complexity index is 453. The van der Waals surface area contributed by atoms with Gasteiger partial charge in [-0.3, -0.25) is 0 Å². The van der Waals surface area contributed by atoms with Crippen molar-refractivity contribution >= 4 is 11.3 Å². The summed E-state index contributed by atoms with van der Waals surface area (Å²) in [5.74, 6) is 0.657. The fourth-order valence-electron chi connectivity index (χ4n) is 1.76. The van der Waals surface area contributed by atoms with Crippen LogP contribution in [0.25, 0.3) is 0 Å². The smallest absolute Gasteiger partial charge is 0.212 e. The van der Waals surface area contributed by atoms with Gasteiger partial charge in [0.15, 0.2) is 0 Å². The Morgan fingerprint density at radius 3 is 2.83 bits per heavy atom. The number of aromatic nitrogens is 1. The second-order valence-corrected chi connectivity index (χ2v) is 5.11. The van der Waals surface area contributed by atoms with Gasteiger partial charge in [-0.05, 0) is 41.3 Å². The molecule has 1 atom stereocenters. The topological polar surface area (TPSA) is 34.1 Å². The number of nitrogens with one attached hydrogen (secondary N) is 1. The summed E-state index contributed by atoms with van der Waals surface area (Å²) < 4.78 is 5.03. The second kappa shape index (κ2) is 6.52. The molecule has 0 aromatic carbocycles. The molecule has 0 aliphatic rings. The summed E-state index contributed by atoms with van der Waals surface area (Å²) in [5, 5.41) is 7.82. The van der Waals surface area contributed by atoms with E-state index in [0.29, 0.717) is 11.9 Å². The zero-order valence-corrected chi connectivity index (χ0v) is 11.5. The van der Waals surface area contributed by atoms with Crippen molar-refractivity contribution in [2.45, 2.75) is 25.9 Å². The molecule has 4 heteroatoms. The van der Waals surface area contributed by atoms with Gasteiger partial charge in [0.05, 0.1) is 7.11 Å². The van der Waals surface area contributed by atoms with Crippen molar-refractivity contribution in [1.29, 1.82) is 0 Å². The van der Waals surface area contributed by atoms with Crippen molar-refractivity contribution < 1.29 is 4.74 Å². The first-order valence-corrected chi connectivity index (χ1v) is 6.95. The van der Waals surface area contributed by atoms with Crippen molar-refractivity contribution in [3.63, 3.8) is 0 Å². The maximum Gasteiger partial charge on any atom is 0.212 e. The van der Waals surface area contributed by atoms with Gasteiger partial charge in [0, 0.05) is 24.8 Å². The first-order valence-electron chi connectivity index (χ1n) is 6.01. The lowest BCUT2D eigenvalue weighted by Gasteiger charge is -2.13. The molecule has 1 N–H and O–H groups in total. The van der Waals surface area contributed by atoms with E-state index in [1.165, 1.54) is 11.1 Å². The van der Waals surface area contributed by atoms with Crippen molar-refractivity contribution in [2.75, 3.05) is 7.11 Å². The summed E-state index contributed by atoms with van der Waals surface area (Å²) >= 11 is 1.75. The third-order valence-corrected chi connectivity index (χ3v) is 3.52. The van der Waals surface area contributed by atoms with Crippen LogP contribution < -0.4 is 10.1 Å². The van der Waals surface area contributed by atoms with Gasteiger partial charge in [0.2, 0.25) is 5.88 Å². The minimum Gasteiger partial charge on any atom is -0.481 e. The molecular weight excluding hydrogens is 244 g/mol. The standard InChI is InChI=1S/C14H18N2OS/c1-11(7-12-5-6-18-10-12)15-8-13-3-4-14(17-2)16-9-13/h3-6,9-11,15H,7-8H2,1-2H3. The highest BCUT2D eigenvalue weighted by Gasteiger charge is 2.04. The number of methoxy groups -OCH3 is 1. The van der Waals surface area contributed by atoms with Crippen LogP contribution in [0.5, 0.6) is 5.88 Å². The van der Waals surface area contributed by atoms with Crippen molar-refractivity contribution in [3.05, 3.63) is 46.3 Å². The number of rotatable bonds is 6. The van der Waals surface area contributed by atoms with E-state index >= 15 is 0 Å². The van der Waals surface area contributed by atoms with Gasteiger partial charge in [-0.1, -0.05) is 6.07 Å². The summed E-state index contributed by atoms with van der Waals surface area (Å²) in [4.78, 5) is 4.19. The van der Waals surface area contributed by atoms with Gasteiger partial charge in [-0.25, -0.2) is 4.98 Å². The van der Waals surface area contributed by atoms with E-state index in [1.807, 2.05) is 18.3 Å². The molecule has 2 aromatic heterocycles. The van der Waals surface area contributed by atoms with Gasteiger partial charge in [-0.15, -0.1) is 0 Å². The molecular formula is C14H18N2OS. The molecule has 96 valence electrons. The molecule has 0 saturated heterocycles. The third kappa shape index (κ3) is 3.82. The summed E-state index contributed by atoms with van der Waals surface area (Å²) in [5.41, 5.74) is 2.57. The van der Waals surface area contributed by atoms with Gasteiger partial charge in [-0.2, -0.15) is 11.3 Å². The van der Waals surface area contributed by atoms with E-state index < -0.39 is 0 Å². The molecule has 3 nitrogen and oxygen atoms in total. The molecule has 0 fully saturated rings. The Labute approximate surface area is 112 Å². The first-order chi connectivity index (χ1) is 8.78. The van der Waals surface area contributed by atoms with Crippen LogP contribution in [-0.2, 0) is 13.0 Å². The first kappa shape index (κ1) is 13.1. The van der Waals surface area contributed by atoms with E-state index in [0.717, 1.165) is 13.0 Å². The Balaban J connectivity index is 1.79. The van der Waals surface area contributed by atoms with Gasteiger partial charge in [0.25, 0.3) is 0 Å². The van der Waals surface area contributed by atoms with Gasteiger partial charge >= 0.3 is 0 Å². The summed E-state index contributed by atoms with van der Waals surface area (Å²) in [6.45, 7) is 3.04. The minimum atomic E-state index is 0.460. The molecule has 0 saturated carbocycles. The summed E-state index contributed by atoms with van der Waals surface area (Å²) in [6, 6.07) is 6.57. The number of thiophene rings is 1. The van der Waals surface area contributed by atoms with E-state index in [1.54, 1.807) is 18.4 Å². The number of nitrogens with zero attached hydrogens (tertiary/aromatic N) is 1. The van der Waals surface area contributed by atoms with Crippen LogP contribution in [0, 0.1) is 0 Å². The highest BCUT2D eigenvalue weighted by molar-refractivity contribution is 7.07. The van der Waals surface area contributed by atoms with Gasteiger partial charge in [0.1, 0.15) is 0 Å². The lowest BCUT2D eigenvalue weighted by atomic mass is 10.1. The largest absolute Gasteiger partial charge is 0.481 e. The van der Waals surface area contributed by atoms with Crippen LogP contribution in [0.15, 0.2) is 35.2 Å². The lowest BCUT2D eigenvalue weighted by molar-refractivity contribution is 0.397. The molecule has 0 aliphatic carbocycles. The highest BCUT2D eigenvalue weighted by atomic mass is 32.1. The molecule has 0 aliphatic heterocycles. The van der Waals surface area contributed by atoms with Crippen LogP contribution in [0.4, 0.5) is 0 Å². The van der Waals surface area contributed by atoms with Crippen LogP contribution >= 0.6 is 11.3 Å². The molecule has 1 unspecified atom stereocenters. The van der Waals surface area contributed by atoms with E-state index in [9.17, 15) is 0 Å². The lowest BCUT2D eigenvalue weighted by Crippen LogP contribution is -2.27. The van der Waals surface area contributed by atoms with Crippen LogP contribution in [0.3, 0.4) is 0 Å². The molecule has 0 bridgehead atoms. The van der Waals surface area contributed by atoms with Crippen LogP contribution in [-0.4, -0.2) is 18.1 Å². The maximum atomic E-state index is 5.03. The SMILES string of the molecule is COc1ccc(CNC(C)Cc2ccsc2)cn1. The Morgan fingerprint density at radius 2 is 2.22 bits per heavy atom. The fourth-order valence-corrected chi connectivity index (χ4v) is 2.44. The molecule has 2 aromatic rings. The summed E-state index contributed by atoms with van der Waals surface area (Å²) in [6.07, 6.45) is 2.91. The second-order valence-electron chi connectivity index (χ2n) is 4.33. The average Bonchev–Trinajstić information content (AvgIpc) is 2.90. The molecule has 2 rings (SSSR count). The molecule has 0 radical (unpaired) electrons. The predicted octanol–water partition coefficient (Wildman–Crippen LogP) is 2.87. The minimum absolute atomic E-state index is 0.460. The number of pyridine rings is 1. The Kier molecular flexibility index (Phi) is 4.73. The van der Waals surface area contributed by atoms with E-state index in [2.05, 4.69) is 34.1 Å². The van der Waals surface area contributed by atoms with Crippen LogP contribution in [0.2, 0.25) is 0 Å². The van der Waals surface area contributed by atoms with Crippen molar-refractivity contribution in [2.24, 2.45) is 0 Å². The van der Waals surface area contributed by atoms with Crippen molar-refractivity contribution in [1.82, 2.24) is 10.3 Å². The molecule has 2 heterocycles. The molecule has 0 amide bonds. The van der Waals surface area contributed by atoms with E-state index in [4.69, 9.17) is 4.74 Å². The Morgan fingerprint density at radius 1 is 1.33 bits per heavy atom. The Hall–Kier alpha value is -1.39. The zero-order chi connectivity index (χ0) is 12.8.